The van der Waals surface area contributed by atoms with Crippen LogP contribution in [0.5, 0.6) is 5.75 Å². The number of benzene rings is 2. The monoisotopic (exact) mass is 431 g/mol. The molecule has 0 radical (unpaired) electrons. The first-order chi connectivity index (χ1) is 13.9. The van der Waals surface area contributed by atoms with Gasteiger partial charge in [-0.3, -0.25) is 20.4 Å². The van der Waals surface area contributed by atoms with Gasteiger partial charge in [-0.1, -0.05) is 28.9 Å². The molecule has 7 nitrogen and oxygen atoms in total. The number of thioether (sulfide) groups is 1. The summed E-state index contributed by atoms with van der Waals surface area (Å²) in [7, 11) is 0. The zero-order valence-corrected chi connectivity index (χ0v) is 17.2. The Morgan fingerprint density at radius 1 is 1.10 bits per heavy atom. The number of nitrogens with zero attached hydrogens (tertiary/aromatic N) is 1. The van der Waals surface area contributed by atoms with Gasteiger partial charge < -0.3 is 9.63 Å². The Bertz CT molecular complexity index is 1050. The van der Waals surface area contributed by atoms with E-state index in [9.17, 15) is 14.7 Å². The summed E-state index contributed by atoms with van der Waals surface area (Å²) in [5.74, 6) is -0.0724. The second kappa shape index (κ2) is 9.02. The van der Waals surface area contributed by atoms with Crippen molar-refractivity contribution in [2.75, 3.05) is 0 Å². The van der Waals surface area contributed by atoms with Crippen molar-refractivity contribution >= 4 is 35.2 Å². The maximum atomic E-state index is 12.6. The first kappa shape index (κ1) is 20.8. The van der Waals surface area contributed by atoms with Crippen LogP contribution in [-0.2, 0) is 5.75 Å². The van der Waals surface area contributed by atoms with Crippen molar-refractivity contribution in [2.24, 2.45) is 0 Å². The van der Waals surface area contributed by atoms with Gasteiger partial charge in [-0.2, -0.15) is 0 Å². The molecule has 9 heteroatoms. The van der Waals surface area contributed by atoms with Crippen LogP contribution < -0.4 is 10.9 Å². The van der Waals surface area contributed by atoms with Gasteiger partial charge in [-0.15, -0.1) is 11.8 Å². The van der Waals surface area contributed by atoms with Crippen LogP contribution in [-0.4, -0.2) is 22.1 Å². The fourth-order valence-electron chi connectivity index (χ4n) is 2.58. The molecule has 29 heavy (non-hydrogen) atoms. The van der Waals surface area contributed by atoms with Gasteiger partial charge in [0.25, 0.3) is 11.8 Å². The predicted octanol–water partition coefficient (Wildman–Crippen LogP) is 4.02. The van der Waals surface area contributed by atoms with E-state index in [1.165, 1.54) is 30.0 Å². The predicted molar refractivity (Wildman–Crippen MR) is 110 cm³/mol. The van der Waals surface area contributed by atoms with Crippen molar-refractivity contribution in [1.82, 2.24) is 16.0 Å². The van der Waals surface area contributed by atoms with Gasteiger partial charge in [-0.25, -0.2) is 0 Å². The number of aromatic hydroxyl groups is 1. The molecule has 3 aromatic rings. The van der Waals surface area contributed by atoms with E-state index in [0.29, 0.717) is 16.3 Å². The minimum absolute atomic E-state index is 0.0427. The highest BCUT2D eigenvalue weighted by atomic mass is 35.5. The Hall–Kier alpha value is -2.97. The topological polar surface area (TPSA) is 104 Å². The fraction of sp³-hybridized carbons (Fsp3) is 0.150. The van der Waals surface area contributed by atoms with E-state index in [1.807, 2.05) is 26.0 Å². The number of aryl methyl sites for hydroxylation is 2. The maximum absolute atomic E-state index is 12.6. The first-order valence-corrected chi connectivity index (χ1v) is 9.96. The van der Waals surface area contributed by atoms with Crippen LogP contribution in [0.2, 0.25) is 5.02 Å². The van der Waals surface area contributed by atoms with Gasteiger partial charge in [0.15, 0.2) is 0 Å². The third-order valence-corrected chi connectivity index (χ3v) is 5.51. The number of halogens is 1. The van der Waals surface area contributed by atoms with E-state index in [0.717, 1.165) is 21.9 Å². The highest BCUT2D eigenvalue weighted by Crippen LogP contribution is 2.28. The smallest absolute Gasteiger partial charge is 0.273 e. The molecule has 0 atom stereocenters. The van der Waals surface area contributed by atoms with Crippen LogP contribution in [0.4, 0.5) is 0 Å². The summed E-state index contributed by atoms with van der Waals surface area (Å²) in [5, 5.41) is 14.0. The average Bonchev–Trinajstić information content (AvgIpc) is 3.03. The van der Waals surface area contributed by atoms with Gasteiger partial charge in [-0.05, 0) is 44.2 Å². The van der Waals surface area contributed by atoms with Gasteiger partial charge in [0.2, 0.25) is 0 Å². The van der Waals surface area contributed by atoms with Gasteiger partial charge in [0.05, 0.1) is 16.8 Å². The van der Waals surface area contributed by atoms with Crippen LogP contribution in [0.25, 0.3) is 0 Å². The average molecular weight is 432 g/mol. The summed E-state index contributed by atoms with van der Waals surface area (Å²) in [4.78, 5) is 25.6. The van der Waals surface area contributed by atoms with Crippen molar-refractivity contribution in [1.29, 1.82) is 0 Å². The first-order valence-electron chi connectivity index (χ1n) is 8.59. The summed E-state index contributed by atoms with van der Waals surface area (Å²) >= 11 is 7.31. The molecule has 3 rings (SSSR count). The number of carbonyl (C=O) groups is 2. The fourth-order valence-corrected chi connectivity index (χ4v) is 3.95. The number of amides is 2. The van der Waals surface area contributed by atoms with Gasteiger partial charge in [0, 0.05) is 21.2 Å². The number of carbonyl (C=O) groups excluding carboxylic acids is 2. The SMILES string of the molecule is Cc1noc(C)c1CSc1ccccc1C(=O)NNC(=O)c1cc(Cl)ccc1O. The molecule has 150 valence electrons. The van der Waals surface area contributed by atoms with E-state index in [-0.39, 0.29) is 11.3 Å². The van der Waals surface area contributed by atoms with Crippen molar-refractivity contribution in [3.05, 3.63) is 75.6 Å². The zero-order chi connectivity index (χ0) is 21.0. The van der Waals surface area contributed by atoms with Crippen molar-refractivity contribution in [3.8, 4) is 5.75 Å². The quantitative estimate of drug-likeness (QED) is 0.416. The molecule has 0 aliphatic rings. The molecule has 0 unspecified atom stereocenters. The number of phenols is 1. The summed E-state index contributed by atoms with van der Waals surface area (Å²) in [6.07, 6.45) is 0. The largest absolute Gasteiger partial charge is 0.507 e. The van der Waals surface area contributed by atoms with Crippen molar-refractivity contribution in [3.63, 3.8) is 0 Å². The number of aromatic nitrogens is 1. The Morgan fingerprint density at radius 2 is 1.79 bits per heavy atom. The summed E-state index contributed by atoms with van der Waals surface area (Å²) in [6, 6.07) is 11.1. The maximum Gasteiger partial charge on any atom is 0.273 e. The lowest BCUT2D eigenvalue weighted by Gasteiger charge is -2.11. The Morgan fingerprint density at radius 3 is 2.48 bits per heavy atom. The molecule has 0 aliphatic heterocycles. The lowest BCUT2D eigenvalue weighted by molar-refractivity contribution is 0.0843. The van der Waals surface area contributed by atoms with Crippen molar-refractivity contribution in [2.45, 2.75) is 24.5 Å². The normalized spacial score (nSPS) is 10.6. The molecular weight excluding hydrogens is 414 g/mol. The number of phenolic OH excluding ortho intramolecular Hbond substituents is 1. The van der Waals surface area contributed by atoms with E-state index < -0.39 is 11.8 Å². The summed E-state index contributed by atoms with van der Waals surface area (Å²) in [5.41, 5.74) is 6.80. The Kier molecular flexibility index (Phi) is 6.46. The molecule has 0 saturated carbocycles. The van der Waals surface area contributed by atoms with Crippen LogP contribution >= 0.6 is 23.4 Å². The molecular formula is C20H18ClN3O4S. The van der Waals surface area contributed by atoms with Crippen LogP contribution in [0.1, 0.15) is 37.7 Å². The lowest BCUT2D eigenvalue weighted by Crippen LogP contribution is -2.41. The number of hydrogen-bond donors (Lipinski definition) is 3. The zero-order valence-electron chi connectivity index (χ0n) is 15.7. The highest BCUT2D eigenvalue weighted by molar-refractivity contribution is 7.98. The summed E-state index contributed by atoms with van der Waals surface area (Å²) in [6.45, 7) is 3.71. The Balaban J connectivity index is 1.68. The molecule has 0 spiro atoms. The molecule has 2 amide bonds. The number of hydrazine groups is 1. The van der Waals surface area contributed by atoms with Crippen LogP contribution in [0, 0.1) is 13.8 Å². The number of rotatable bonds is 5. The molecule has 3 N–H and O–H groups in total. The molecule has 0 saturated heterocycles. The molecule has 0 bridgehead atoms. The van der Waals surface area contributed by atoms with Crippen LogP contribution in [0.3, 0.4) is 0 Å². The molecule has 0 fully saturated rings. The molecule has 2 aromatic carbocycles. The second-order valence-corrected chi connectivity index (χ2v) is 7.61. The standard InChI is InChI=1S/C20H18ClN3O4S/c1-11-16(12(2)28-24-11)10-29-18-6-4-3-5-14(18)19(26)22-23-20(27)15-9-13(21)7-8-17(15)25/h3-9,25H,10H2,1-2H3,(H,22,26)(H,23,27). The van der Waals surface area contributed by atoms with Gasteiger partial charge in [0.1, 0.15) is 11.5 Å². The highest BCUT2D eigenvalue weighted by Gasteiger charge is 2.16. The minimum atomic E-state index is -0.681. The van der Waals surface area contributed by atoms with E-state index in [1.54, 1.807) is 12.1 Å². The summed E-state index contributed by atoms with van der Waals surface area (Å²) < 4.78 is 5.17. The number of nitrogens with one attached hydrogen (secondary N) is 2. The minimum Gasteiger partial charge on any atom is -0.507 e. The lowest BCUT2D eigenvalue weighted by atomic mass is 10.2. The van der Waals surface area contributed by atoms with Crippen molar-refractivity contribution < 1.29 is 19.2 Å². The third kappa shape index (κ3) is 4.90. The second-order valence-electron chi connectivity index (χ2n) is 6.16. The van der Waals surface area contributed by atoms with E-state index in [4.69, 9.17) is 16.1 Å². The number of hydrogen-bond acceptors (Lipinski definition) is 6. The Labute approximate surface area is 176 Å². The van der Waals surface area contributed by atoms with E-state index in [2.05, 4.69) is 16.0 Å². The van der Waals surface area contributed by atoms with E-state index >= 15 is 0 Å². The molecule has 1 aromatic heterocycles. The third-order valence-electron chi connectivity index (χ3n) is 4.18. The molecule has 1 heterocycles. The van der Waals surface area contributed by atoms with Gasteiger partial charge >= 0.3 is 0 Å². The van der Waals surface area contributed by atoms with Crippen LogP contribution in [0.15, 0.2) is 51.9 Å². The molecule has 0 aliphatic carbocycles.